The predicted molar refractivity (Wildman–Crippen MR) is 73.6 cm³/mol. The summed E-state index contributed by atoms with van der Waals surface area (Å²) in [6.45, 7) is 0.573. The van der Waals surface area contributed by atoms with Crippen molar-refractivity contribution in [2.24, 2.45) is 7.05 Å². The Morgan fingerprint density at radius 2 is 2.21 bits per heavy atom. The Bertz CT molecular complexity index is 522. The van der Waals surface area contributed by atoms with E-state index in [1.54, 1.807) is 11.8 Å². The Balaban J connectivity index is 1.95. The minimum atomic E-state index is -0.447. The number of nitrogens with zero attached hydrogens (tertiary/aromatic N) is 2. The van der Waals surface area contributed by atoms with Gasteiger partial charge in [-0.25, -0.2) is 0 Å². The first kappa shape index (κ1) is 13.8. The van der Waals surface area contributed by atoms with Crippen LogP contribution in [0.3, 0.4) is 0 Å². The van der Waals surface area contributed by atoms with Gasteiger partial charge in [-0.05, 0) is 29.5 Å². The molecule has 1 aromatic heterocycles. The smallest absolute Gasteiger partial charge is 0.0793 e. The van der Waals surface area contributed by atoms with Crippen LogP contribution in [-0.2, 0) is 24.8 Å². The highest BCUT2D eigenvalue weighted by molar-refractivity contribution is 5.25. The molecule has 0 saturated heterocycles. The van der Waals surface area contributed by atoms with E-state index in [1.165, 1.54) is 0 Å². The molecule has 1 N–H and O–H groups in total. The van der Waals surface area contributed by atoms with Gasteiger partial charge >= 0.3 is 0 Å². The van der Waals surface area contributed by atoms with E-state index in [1.807, 2.05) is 43.7 Å². The van der Waals surface area contributed by atoms with Gasteiger partial charge in [-0.3, -0.25) is 4.68 Å². The fourth-order valence-corrected chi connectivity index (χ4v) is 2.13. The van der Waals surface area contributed by atoms with E-state index in [-0.39, 0.29) is 0 Å². The molecule has 0 saturated carbocycles. The molecular formula is C15H20N2O2. The van der Waals surface area contributed by atoms with Gasteiger partial charge in [0.25, 0.3) is 0 Å². The highest BCUT2D eigenvalue weighted by atomic mass is 16.5. The van der Waals surface area contributed by atoms with Crippen LogP contribution in [0.2, 0.25) is 0 Å². The third kappa shape index (κ3) is 3.91. The average molecular weight is 260 g/mol. The highest BCUT2D eigenvalue weighted by Crippen LogP contribution is 2.20. The summed E-state index contributed by atoms with van der Waals surface area (Å²) in [6.07, 6.45) is 4.89. The molecule has 0 amide bonds. The van der Waals surface area contributed by atoms with Gasteiger partial charge < -0.3 is 9.84 Å². The van der Waals surface area contributed by atoms with E-state index < -0.39 is 6.10 Å². The number of benzene rings is 1. The maximum atomic E-state index is 10.2. The van der Waals surface area contributed by atoms with Crippen molar-refractivity contribution in [3.8, 4) is 0 Å². The molecule has 4 nitrogen and oxygen atoms in total. The number of aliphatic hydroxyl groups excluding tert-OH is 1. The third-order valence-corrected chi connectivity index (χ3v) is 3.11. The first-order valence-corrected chi connectivity index (χ1v) is 6.42. The quantitative estimate of drug-likeness (QED) is 0.866. The molecule has 0 bridgehead atoms. The molecule has 19 heavy (non-hydrogen) atoms. The Morgan fingerprint density at radius 3 is 2.89 bits per heavy atom. The summed E-state index contributed by atoms with van der Waals surface area (Å²) in [6, 6.07) is 7.91. The summed E-state index contributed by atoms with van der Waals surface area (Å²) >= 11 is 0. The van der Waals surface area contributed by atoms with Gasteiger partial charge in [0.2, 0.25) is 0 Å². The van der Waals surface area contributed by atoms with Gasteiger partial charge in [0, 0.05) is 20.4 Å². The lowest BCUT2D eigenvalue weighted by Crippen LogP contribution is -2.00. The molecule has 0 radical (unpaired) electrons. The molecular weight excluding hydrogens is 240 g/mol. The van der Waals surface area contributed by atoms with E-state index in [4.69, 9.17) is 4.74 Å². The molecule has 1 aromatic carbocycles. The van der Waals surface area contributed by atoms with Crippen LogP contribution in [0.15, 0.2) is 36.7 Å². The number of aromatic nitrogens is 2. The Kier molecular flexibility index (Phi) is 4.71. The molecule has 2 rings (SSSR count). The number of rotatable bonds is 6. The average Bonchev–Trinajstić information content (AvgIpc) is 2.82. The van der Waals surface area contributed by atoms with Gasteiger partial charge in [0.15, 0.2) is 0 Å². The summed E-state index contributed by atoms with van der Waals surface area (Å²) in [5.74, 6) is 0. The number of hydrogen-bond donors (Lipinski definition) is 1. The lowest BCUT2D eigenvalue weighted by Gasteiger charge is -2.11. The van der Waals surface area contributed by atoms with Crippen LogP contribution in [-0.4, -0.2) is 22.0 Å². The van der Waals surface area contributed by atoms with Crippen LogP contribution in [0.1, 0.15) is 29.2 Å². The molecule has 0 aliphatic carbocycles. The van der Waals surface area contributed by atoms with Gasteiger partial charge in [0.1, 0.15) is 0 Å². The van der Waals surface area contributed by atoms with Gasteiger partial charge in [-0.1, -0.05) is 24.3 Å². The minimum absolute atomic E-state index is 0.447. The monoisotopic (exact) mass is 260 g/mol. The number of hydrogen-bond acceptors (Lipinski definition) is 3. The van der Waals surface area contributed by atoms with E-state index in [9.17, 15) is 5.11 Å². The van der Waals surface area contributed by atoms with E-state index in [0.29, 0.717) is 13.0 Å². The van der Waals surface area contributed by atoms with Crippen molar-refractivity contribution in [1.82, 2.24) is 9.78 Å². The van der Waals surface area contributed by atoms with Crippen molar-refractivity contribution >= 4 is 0 Å². The Labute approximate surface area is 113 Å². The van der Waals surface area contributed by atoms with Crippen LogP contribution in [0.5, 0.6) is 0 Å². The zero-order chi connectivity index (χ0) is 13.7. The lowest BCUT2D eigenvalue weighted by molar-refractivity contribution is 0.166. The van der Waals surface area contributed by atoms with Gasteiger partial charge in [0.05, 0.1) is 18.9 Å². The molecule has 1 unspecified atom stereocenters. The van der Waals surface area contributed by atoms with Crippen LogP contribution in [0.4, 0.5) is 0 Å². The first-order valence-electron chi connectivity index (χ1n) is 6.42. The zero-order valence-electron chi connectivity index (χ0n) is 11.4. The van der Waals surface area contributed by atoms with Crippen molar-refractivity contribution in [1.29, 1.82) is 0 Å². The zero-order valence-corrected chi connectivity index (χ0v) is 11.4. The fourth-order valence-electron chi connectivity index (χ4n) is 2.13. The maximum absolute atomic E-state index is 10.2. The number of aryl methyl sites for hydroxylation is 2. The van der Waals surface area contributed by atoms with Crippen molar-refractivity contribution in [2.75, 3.05) is 7.11 Å². The second-order valence-electron chi connectivity index (χ2n) is 4.75. The van der Waals surface area contributed by atoms with Crippen LogP contribution < -0.4 is 0 Å². The highest BCUT2D eigenvalue weighted by Gasteiger charge is 2.09. The second-order valence-corrected chi connectivity index (χ2v) is 4.75. The van der Waals surface area contributed by atoms with Crippen molar-refractivity contribution in [2.45, 2.75) is 25.6 Å². The normalized spacial score (nSPS) is 12.6. The standard InChI is InChI=1S/C15H20N2O2/c1-17-10-13(9-16-17)6-7-15(18)14-5-3-4-12(8-14)11-19-2/h3-5,8-10,15,18H,6-7,11H2,1-2H3. The summed E-state index contributed by atoms with van der Waals surface area (Å²) in [5.41, 5.74) is 3.17. The molecule has 1 atom stereocenters. The molecule has 0 spiro atoms. The van der Waals surface area contributed by atoms with E-state index >= 15 is 0 Å². The maximum Gasteiger partial charge on any atom is 0.0793 e. The molecule has 2 aromatic rings. The Hall–Kier alpha value is -1.65. The summed E-state index contributed by atoms with van der Waals surface area (Å²) < 4.78 is 6.88. The van der Waals surface area contributed by atoms with Crippen molar-refractivity contribution in [3.05, 3.63) is 53.3 Å². The molecule has 0 aliphatic heterocycles. The van der Waals surface area contributed by atoms with Crippen LogP contribution in [0.25, 0.3) is 0 Å². The summed E-state index contributed by atoms with van der Waals surface area (Å²) in [5, 5.41) is 14.3. The Morgan fingerprint density at radius 1 is 1.37 bits per heavy atom. The van der Waals surface area contributed by atoms with Crippen molar-refractivity contribution < 1.29 is 9.84 Å². The summed E-state index contributed by atoms with van der Waals surface area (Å²) in [4.78, 5) is 0. The number of methoxy groups -OCH3 is 1. The minimum Gasteiger partial charge on any atom is -0.388 e. The van der Waals surface area contributed by atoms with Crippen molar-refractivity contribution in [3.63, 3.8) is 0 Å². The molecule has 102 valence electrons. The van der Waals surface area contributed by atoms with Crippen LogP contribution in [0, 0.1) is 0 Å². The number of ether oxygens (including phenoxy) is 1. The second kappa shape index (κ2) is 6.50. The topological polar surface area (TPSA) is 47.3 Å². The molecule has 0 fully saturated rings. The predicted octanol–water partition coefficient (Wildman–Crippen LogP) is 2.23. The van der Waals surface area contributed by atoms with Gasteiger partial charge in [-0.15, -0.1) is 0 Å². The largest absolute Gasteiger partial charge is 0.388 e. The van der Waals surface area contributed by atoms with Crippen LogP contribution >= 0.6 is 0 Å². The lowest BCUT2D eigenvalue weighted by atomic mass is 10.0. The van der Waals surface area contributed by atoms with E-state index in [0.717, 1.165) is 23.1 Å². The molecule has 4 heteroatoms. The van der Waals surface area contributed by atoms with E-state index in [2.05, 4.69) is 5.10 Å². The first-order chi connectivity index (χ1) is 9.19. The molecule has 0 aliphatic rings. The third-order valence-electron chi connectivity index (χ3n) is 3.11. The fraction of sp³-hybridized carbons (Fsp3) is 0.400. The number of aliphatic hydroxyl groups is 1. The SMILES string of the molecule is COCc1cccc(C(O)CCc2cnn(C)c2)c1. The summed E-state index contributed by atoms with van der Waals surface area (Å²) in [7, 11) is 3.57. The molecule has 1 heterocycles. The van der Waals surface area contributed by atoms with Gasteiger partial charge in [-0.2, -0.15) is 5.10 Å².